The maximum atomic E-state index is 12.9. The predicted molar refractivity (Wildman–Crippen MR) is 135 cm³/mol. The Bertz CT molecular complexity index is 892. The zero-order valence-corrected chi connectivity index (χ0v) is 23.1. The monoisotopic (exact) mass is 490 g/mol. The highest BCUT2D eigenvalue weighted by Crippen LogP contribution is 2.88. The van der Waals surface area contributed by atoms with Gasteiger partial charge in [0.1, 0.15) is 5.78 Å². The number of carbonyl (C=O) groups is 1. The molecule has 0 radical (unpaired) electrons. The van der Waals surface area contributed by atoms with Crippen LogP contribution in [0.5, 0.6) is 0 Å². The first-order valence-electron chi connectivity index (χ1n) is 14.3. The first-order valence-corrected chi connectivity index (χ1v) is 14.3. The lowest BCUT2D eigenvalue weighted by Crippen LogP contribution is -2.60. The number of aliphatic hydroxyl groups is 4. The van der Waals surface area contributed by atoms with Gasteiger partial charge < -0.3 is 20.4 Å². The fraction of sp³-hybridized carbons (Fsp3) is 0.967. The summed E-state index contributed by atoms with van der Waals surface area (Å²) in [6, 6.07) is 0. The molecule has 0 aromatic heterocycles. The van der Waals surface area contributed by atoms with E-state index < -0.39 is 23.2 Å². The zero-order chi connectivity index (χ0) is 26.0. The molecule has 5 aliphatic rings. The maximum Gasteiger partial charge on any atom is 0.138 e. The Balaban J connectivity index is 1.44. The third-order valence-electron chi connectivity index (χ3n) is 13.2. The highest BCUT2D eigenvalue weighted by Gasteiger charge is 2.84. The van der Waals surface area contributed by atoms with Gasteiger partial charge in [-0.05, 0) is 105 Å². The van der Waals surface area contributed by atoms with Crippen LogP contribution < -0.4 is 0 Å². The maximum absolute atomic E-state index is 12.9. The fourth-order valence-corrected chi connectivity index (χ4v) is 11.3. The van der Waals surface area contributed by atoms with Crippen LogP contribution in [0.2, 0.25) is 0 Å². The largest absolute Gasteiger partial charge is 0.393 e. The quantitative estimate of drug-likeness (QED) is 0.455. The molecule has 4 N–H and O–H groups in total. The van der Waals surface area contributed by atoms with Gasteiger partial charge in [0, 0.05) is 17.8 Å². The van der Waals surface area contributed by atoms with Crippen molar-refractivity contribution in [3.63, 3.8) is 0 Å². The minimum atomic E-state index is -1.12. The topological polar surface area (TPSA) is 98.0 Å². The molecule has 0 aliphatic heterocycles. The third-order valence-corrected chi connectivity index (χ3v) is 13.2. The molecule has 35 heavy (non-hydrogen) atoms. The van der Waals surface area contributed by atoms with Gasteiger partial charge in [-0.15, -0.1) is 0 Å². The molecule has 5 rings (SSSR count). The highest BCUT2D eigenvalue weighted by molar-refractivity contribution is 5.86. The van der Waals surface area contributed by atoms with Crippen LogP contribution >= 0.6 is 0 Å². The van der Waals surface area contributed by atoms with E-state index in [2.05, 4.69) is 34.6 Å². The molecule has 0 bridgehead atoms. The van der Waals surface area contributed by atoms with Crippen LogP contribution in [-0.2, 0) is 4.79 Å². The van der Waals surface area contributed by atoms with Gasteiger partial charge in [0.05, 0.1) is 23.9 Å². The van der Waals surface area contributed by atoms with Crippen molar-refractivity contribution in [3.8, 4) is 0 Å². The van der Waals surface area contributed by atoms with Crippen LogP contribution in [-0.4, -0.2) is 50.1 Å². The lowest BCUT2D eigenvalue weighted by atomic mass is 9.41. The minimum absolute atomic E-state index is 0.0300. The van der Waals surface area contributed by atoms with Crippen molar-refractivity contribution >= 4 is 5.78 Å². The fourth-order valence-electron chi connectivity index (χ4n) is 11.3. The van der Waals surface area contributed by atoms with E-state index in [1.807, 2.05) is 0 Å². The Morgan fingerprint density at radius 1 is 0.971 bits per heavy atom. The van der Waals surface area contributed by atoms with Crippen LogP contribution in [0.4, 0.5) is 0 Å². The minimum Gasteiger partial charge on any atom is -0.393 e. The summed E-state index contributed by atoms with van der Waals surface area (Å²) in [7, 11) is 0. The predicted octanol–water partition coefficient (Wildman–Crippen LogP) is 4.48. The molecule has 0 aromatic carbocycles. The van der Waals surface area contributed by atoms with E-state index >= 15 is 0 Å². The molecular formula is C30H50O5. The van der Waals surface area contributed by atoms with Crippen LogP contribution in [0.3, 0.4) is 0 Å². The molecule has 0 saturated heterocycles. The van der Waals surface area contributed by atoms with Crippen LogP contribution in [0, 0.1) is 50.7 Å². The summed E-state index contributed by atoms with van der Waals surface area (Å²) in [4.78, 5) is 12.9. The molecule has 5 saturated carbocycles. The SMILES string of the molecule is C[C@H](CC[C@@H](O)C(C)(C)O)[C@H]1[C@@H](O)C[C@@]2(C)[C@@H]3C[C@H](O)[C@H]4C(C)(C)C(=O)CC[C@@]45C[C@@]35CC[C@]12C. The standard InChI is InChI=1S/C30H50O5/c1-17(8-9-22(34)26(4,5)35)23-19(32)15-28(7)20-14-18(31)24-25(2,3)21(33)10-11-30(24)16-29(20,30)13-12-27(23,28)6/h17-20,22-24,31-32,34-35H,8-16H2,1-7H3/t17-,18+,19+,20+,22-,23+,24+,27-,28+,29+,30-/m1/s1. The number of ketones is 1. The molecule has 0 amide bonds. The second-order valence-electron chi connectivity index (χ2n) is 15.3. The summed E-state index contributed by atoms with van der Waals surface area (Å²) in [6.45, 7) is 14.5. The van der Waals surface area contributed by atoms with Crippen molar-refractivity contribution in [2.24, 2.45) is 50.7 Å². The second kappa shape index (κ2) is 7.55. The van der Waals surface area contributed by atoms with Gasteiger partial charge in [0.15, 0.2) is 0 Å². The van der Waals surface area contributed by atoms with Gasteiger partial charge in [-0.25, -0.2) is 0 Å². The average Bonchev–Trinajstić information content (AvgIpc) is 3.32. The van der Waals surface area contributed by atoms with Crippen LogP contribution in [0.15, 0.2) is 0 Å². The molecule has 0 unspecified atom stereocenters. The summed E-state index contributed by atoms with van der Waals surface area (Å²) in [6.07, 6.45) is 6.15. The van der Waals surface area contributed by atoms with E-state index in [1.165, 1.54) is 0 Å². The van der Waals surface area contributed by atoms with Gasteiger partial charge >= 0.3 is 0 Å². The lowest BCUT2D eigenvalue weighted by Gasteiger charge is -2.63. The number of Topliss-reactive ketones (excluding diaryl/α,β-unsaturated/α-hetero) is 1. The first-order chi connectivity index (χ1) is 16.0. The van der Waals surface area contributed by atoms with E-state index in [-0.39, 0.29) is 45.5 Å². The van der Waals surface area contributed by atoms with Gasteiger partial charge in [0.25, 0.3) is 0 Å². The molecule has 5 nitrogen and oxygen atoms in total. The normalized spacial score (nSPS) is 52.1. The Kier molecular flexibility index (Phi) is 5.63. The summed E-state index contributed by atoms with van der Waals surface area (Å²) in [5.41, 5.74) is -1.37. The molecule has 5 aliphatic carbocycles. The average molecular weight is 491 g/mol. The van der Waals surface area contributed by atoms with E-state index in [0.29, 0.717) is 24.5 Å². The van der Waals surface area contributed by atoms with Crippen molar-refractivity contribution < 1.29 is 25.2 Å². The zero-order valence-electron chi connectivity index (χ0n) is 23.1. The molecule has 0 heterocycles. The molecule has 5 fully saturated rings. The molecule has 5 heteroatoms. The smallest absolute Gasteiger partial charge is 0.138 e. The number of aliphatic hydroxyl groups excluding tert-OH is 3. The van der Waals surface area contributed by atoms with E-state index in [4.69, 9.17) is 0 Å². The van der Waals surface area contributed by atoms with Gasteiger partial charge in [-0.3, -0.25) is 4.79 Å². The summed E-state index contributed by atoms with van der Waals surface area (Å²) in [5, 5.41) is 43.7. The lowest BCUT2D eigenvalue weighted by molar-refractivity contribution is -0.183. The van der Waals surface area contributed by atoms with Crippen molar-refractivity contribution in [3.05, 3.63) is 0 Å². The summed E-state index contributed by atoms with van der Waals surface area (Å²) < 4.78 is 0. The van der Waals surface area contributed by atoms with Gasteiger partial charge in [-0.1, -0.05) is 34.6 Å². The molecule has 2 spiro atoms. The second-order valence-corrected chi connectivity index (χ2v) is 15.3. The van der Waals surface area contributed by atoms with Crippen molar-refractivity contribution in [1.29, 1.82) is 0 Å². The molecule has 0 aromatic rings. The Morgan fingerprint density at radius 3 is 2.26 bits per heavy atom. The molecule has 200 valence electrons. The Hall–Kier alpha value is -0.490. The number of hydrogen-bond donors (Lipinski definition) is 4. The molecular weight excluding hydrogens is 440 g/mol. The molecule has 11 atom stereocenters. The number of rotatable bonds is 5. The van der Waals surface area contributed by atoms with E-state index in [1.54, 1.807) is 13.8 Å². The third kappa shape index (κ3) is 3.17. The van der Waals surface area contributed by atoms with Crippen molar-refractivity contribution in [2.45, 2.75) is 130 Å². The van der Waals surface area contributed by atoms with Crippen LogP contribution in [0.1, 0.15) is 106 Å². The summed E-state index contributed by atoms with van der Waals surface area (Å²) in [5.74, 6) is 1.14. The number of hydrogen-bond acceptors (Lipinski definition) is 5. The highest BCUT2D eigenvalue weighted by atomic mass is 16.3. The number of fused-ring (bicyclic) bond motifs is 2. The van der Waals surface area contributed by atoms with E-state index in [9.17, 15) is 25.2 Å². The van der Waals surface area contributed by atoms with E-state index in [0.717, 1.165) is 44.9 Å². The summed E-state index contributed by atoms with van der Waals surface area (Å²) >= 11 is 0. The van der Waals surface area contributed by atoms with Crippen LogP contribution in [0.25, 0.3) is 0 Å². The van der Waals surface area contributed by atoms with Gasteiger partial charge in [-0.2, -0.15) is 0 Å². The Morgan fingerprint density at radius 2 is 1.63 bits per heavy atom. The Labute approximate surface area is 212 Å². The van der Waals surface area contributed by atoms with Gasteiger partial charge in [0.2, 0.25) is 0 Å². The van der Waals surface area contributed by atoms with Crippen molar-refractivity contribution in [1.82, 2.24) is 0 Å². The number of carbonyl (C=O) groups excluding carboxylic acids is 1. The van der Waals surface area contributed by atoms with Crippen molar-refractivity contribution in [2.75, 3.05) is 0 Å². The first kappa shape index (κ1) is 26.1.